The molecule has 1 aliphatic rings. The highest BCUT2D eigenvalue weighted by molar-refractivity contribution is 5.78. The molecule has 0 fully saturated rings. The minimum Gasteiger partial charge on any atom is -0.0683 e. The van der Waals surface area contributed by atoms with E-state index in [1.54, 1.807) is 0 Å². The maximum absolute atomic E-state index is 2.29. The van der Waals surface area contributed by atoms with Crippen LogP contribution in [0.5, 0.6) is 0 Å². The molecule has 18 heavy (non-hydrogen) atoms. The van der Waals surface area contributed by atoms with Crippen molar-refractivity contribution in [2.75, 3.05) is 0 Å². The fourth-order valence-corrected chi connectivity index (χ4v) is 2.86. The molecule has 0 nitrogen and oxygen atoms in total. The highest BCUT2D eigenvalue weighted by Crippen LogP contribution is 2.46. The molecule has 94 valence electrons. The Kier molecular flexibility index (Phi) is 4.19. The zero-order chi connectivity index (χ0) is 13.0. The van der Waals surface area contributed by atoms with E-state index in [0.717, 1.165) is 0 Å². The lowest BCUT2D eigenvalue weighted by Crippen LogP contribution is -1.95. The van der Waals surface area contributed by atoms with Crippen molar-refractivity contribution in [3.8, 4) is 11.1 Å². The third-order valence-electron chi connectivity index (χ3n) is 3.54. The van der Waals surface area contributed by atoms with E-state index in [1.165, 1.54) is 35.1 Å². The summed E-state index contributed by atoms with van der Waals surface area (Å²) in [5, 5.41) is 0. The first kappa shape index (κ1) is 12.9. The van der Waals surface area contributed by atoms with Crippen LogP contribution in [0.1, 0.15) is 50.7 Å². The topological polar surface area (TPSA) is 0 Å². The summed E-state index contributed by atoms with van der Waals surface area (Å²) in [6.07, 6.45) is 2.50. The van der Waals surface area contributed by atoms with Crippen LogP contribution >= 0.6 is 0 Å². The van der Waals surface area contributed by atoms with Crippen molar-refractivity contribution in [1.82, 2.24) is 0 Å². The SMILES string of the molecule is CC.CCCC1c2ccccc2-c2ccccc21. The zero-order valence-corrected chi connectivity index (χ0v) is 11.6. The van der Waals surface area contributed by atoms with Gasteiger partial charge in [0.15, 0.2) is 0 Å². The monoisotopic (exact) mass is 238 g/mol. The van der Waals surface area contributed by atoms with Crippen LogP contribution in [0.2, 0.25) is 0 Å². The number of benzene rings is 2. The Balaban J connectivity index is 0.000000574. The molecule has 0 bridgehead atoms. The summed E-state index contributed by atoms with van der Waals surface area (Å²) in [5.41, 5.74) is 5.92. The highest BCUT2D eigenvalue weighted by Gasteiger charge is 2.26. The second kappa shape index (κ2) is 5.86. The third kappa shape index (κ3) is 2.08. The van der Waals surface area contributed by atoms with E-state index in [4.69, 9.17) is 0 Å². The van der Waals surface area contributed by atoms with E-state index in [0.29, 0.717) is 5.92 Å². The molecule has 0 heteroatoms. The molecule has 0 heterocycles. The smallest absolute Gasteiger partial charge is 0.0101 e. The summed E-state index contributed by atoms with van der Waals surface area (Å²) in [6.45, 7) is 6.27. The van der Waals surface area contributed by atoms with Gasteiger partial charge in [-0.1, -0.05) is 75.7 Å². The Labute approximate surface area is 111 Å². The van der Waals surface area contributed by atoms with Gasteiger partial charge in [-0.05, 0) is 28.7 Å². The summed E-state index contributed by atoms with van der Waals surface area (Å²) in [4.78, 5) is 0. The molecule has 0 unspecified atom stereocenters. The first-order chi connectivity index (χ1) is 8.92. The standard InChI is InChI=1S/C16H16.C2H6/c1-2-7-12-13-8-3-5-10-15(13)16-11-6-4-9-14(12)16;1-2/h3-6,8-12H,2,7H2,1H3;1-2H3. The lowest BCUT2D eigenvalue weighted by Gasteiger charge is -2.11. The number of fused-ring (bicyclic) bond motifs is 3. The first-order valence-corrected chi connectivity index (χ1v) is 7.10. The van der Waals surface area contributed by atoms with Gasteiger partial charge in [0, 0.05) is 5.92 Å². The van der Waals surface area contributed by atoms with Crippen molar-refractivity contribution >= 4 is 0 Å². The molecule has 0 saturated heterocycles. The quantitative estimate of drug-likeness (QED) is 0.636. The van der Waals surface area contributed by atoms with Gasteiger partial charge >= 0.3 is 0 Å². The van der Waals surface area contributed by atoms with Gasteiger partial charge < -0.3 is 0 Å². The van der Waals surface area contributed by atoms with Gasteiger partial charge in [-0.3, -0.25) is 0 Å². The summed E-state index contributed by atoms with van der Waals surface area (Å²) < 4.78 is 0. The normalized spacial score (nSPS) is 12.4. The average molecular weight is 238 g/mol. The van der Waals surface area contributed by atoms with Crippen molar-refractivity contribution in [3.05, 3.63) is 59.7 Å². The highest BCUT2D eigenvalue weighted by atomic mass is 14.3. The van der Waals surface area contributed by atoms with Gasteiger partial charge in [0.1, 0.15) is 0 Å². The number of rotatable bonds is 2. The Morgan fingerprint density at radius 1 is 0.778 bits per heavy atom. The zero-order valence-electron chi connectivity index (χ0n) is 11.6. The minimum atomic E-state index is 0.623. The number of hydrogen-bond acceptors (Lipinski definition) is 0. The molecular formula is C18H22. The van der Waals surface area contributed by atoms with Crippen molar-refractivity contribution in [2.24, 2.45) is 0 Å². The lowest BCUT2D eigenvalue weighted by atomic mass is 9.93. The van der Waals surface area contributed by atoms with Crippen molar-refractivity contribution in [2.45, 2.75) is 39.5 Å². The molecule has 3 rings (SSSR count). The summed E-state index contributed by atoms with van der Waals surface area (Å²) in [6, 6.07) is 17.7. The van der Waals surface area contributed by atoms with Crippen LogP contribution in [-0.4, -0.2) is 0 Å². The molecular weight excluding hydrogens is 216 g/mol. The number of hydrogen-bond donors (Lipinski definition) is 0. The molecule has 2 aromatic carbocycles. The fourth-order valence-electron chi connectivity index (χ4n) is 2.86. The molecule has 0 spiro atoms. The third-order valence-corrected chi connectivity index (χ3v) is 3.54. The van der Waals surface area contributed by atoms with Gasteiger partial charge in [0.05, 0.1) is 0 Å². The summed E-state index contributed by atoms with van der Waals surface area (Å²) >= 11 is 0. The van der Waals surface area contributed by atoms with E-state index in [1.807, 2.05) is 13.8 Å². The largest absolute Gasteiger partial charge is 0.0683 e. The first-order valence-electron chi connectivity index (χ1n) is 7.10. The van der Waals surface area contributed by atoms with E-state index in [9.17, 15) is 0 Å². The predicted molar refractivity (Wildman–Crippen MR) is 80.0 cm³/mol. The van der Waals surface area contributed by atoms with Crippen LogP contribution in [-0.2, 0) is 0 Å². The van der Waals surface area contributed by atoms with Crippen LogP contribution in [0, 0.1) is 0 Å². The summed E-state index contributed by atoms with van der Waals surface area (Å²) in [7, 11) is 0. The summed E-state index contributed by atoms with van der Waals surface area (Å²) in [5.74, 6) is 0.623. The fraction of sp³-hybridized carbons (Fsp3) is 0.333. The molecule has 1 aliphatic carbocycles. The Morgan fingerprint density at radius 3 is 1.67 bits per heavy atom. The molecule has 0 amide bonds. The maximum Gasteiger partial charge on any atom is 0.0101 e. The van der Waals surface area contributed by atoms with Gasteiger partial charge in [-0.25, -0.2) is 0 Å². The van der Waals surface area contributed by atoms with Gasteiger partial charge in [-0.2, -0.15) is 0 Å². The Bertz CT molecular complexity index is 465. The van der Waals surface area contributed by atoms with Crippen LogP contribution in [0.25, 0.3) is 11.1 Å². The van der Waals surface area contributed by atoms with Crippen LogP contribution in [0.15, 0.2) is 48.5 Å². The maximum atomic E-state index is 2.29. The Hall–Kier alpha value is -1.56. The minimum absolute atomic E-state index is 0.623. The van der Waals surface area contributed by atoms with Gasteiger partial charge in [0.25, 0.3) is 0 Å². The van der Waals surface area contributed by atoms with Crippen LogP contribution in [0.4, 0.5) is 0 Å². The van der Waals surface area contributed by atoms with E-state index in [-0.39, 0.29) is 0 Å². The second-order valence-electron chi connectivity index (χ2n) is 4.52. The van der Waals surface area contributed by atoms with Crippen molar-refractivity contribution in [1.29, 1.82) is 0 Å². The van der Waals surface area contributed by atoms with Crippen LogP contribution in [0.3, 0.4) is 0 Å². The van der Waals surface area contributed by atoms with Gasteiger partial charge in [0.2, 0.25) is 0 Å². The van der Waals surface area contributed by atoms with E-state index < -0.39 is 0 Å². The predicted octanol–water partition coefficient (Wildman–Crippen LogP) is 5.63. The van der Waals surface area contributed by atoms with Crippen LogP contribution < -0.4 is 0 Å². The Morgan fingerprint density at radius 2 is 1.22 bits per heavy atom. The molecule has 0 atom stereocenters. The average Bonchev–Trinajstić information content (AvgIpc) is 2.77. The molecule has 0 radical (unpaired) electrons. The van der Waals surface area contributed by atoms with Gasteiger partial charge in [-0.15, -0.1) is 0 Å². The molecule has 0 N–H and O–H groups in total. The van der Waals surface area contributed by atoms with E-state index >= 15 is 0 Å². The lowest BCUT2D eigenvalue weighted by molar-refractivity contribution is 0.711. The molecule has 0 saturated carbocycles. The second-order valence-corrected chi connectivity index (χ2v) is 4.52. The van der Waals surface area contributed by atoms with E-state index in [2.05, 4.69) is 55.5 Å². The molecule has 2 aromatic rings. The molecule has 0 aromatic heterocycles. The van der Waals surface area contributed by atoms with Crippen molar-refractivity contribution in [3.63, 3.8) is 0 Å². The van der Waals surface area contributed by atoms with Crippen molar-refractivity contribution < 1.29 is 0 Å². The molecule has 0 aliphatic heterocycles.